The summed E-state index contributed by atoms with van der Waals surface area (Å²) in [5, 5.41) is 41.7. The first-order chi connectivity index (χ1) is 12.4. The van der Waals surface area contributed by atoms with Crippen molar-refractivity contribution in [2.75, 3.05) is 0 Å². The van der Waals surface area contributed by atoms with Gasteiger partial charge in [0.15, 0.2) is 11.9 Å². The van der Waals surface area contributed by atoms with E-state index in [1.165, 1.54) is 0 Å². The highest BCUT2D eigenvalue weighted by atomic mass is 16.6. The van der Waals surface area contributed by atoms with Crippen LogP contribution in [-0.4, -0.2) is 44.2 Å². The first kappa shape index (κ1) is 18.0. The second-order valence-electron chi connectivity index (χ2n) is 6.38. The van der Waals surface area contributed by atoms with Crippen LogP contribution in [0.4, 0.5) is 0 Å². The van der Waals surface area contributed by atoms with E-state index in [1.807, 2.05) is 12.1 Å². The number of cyclic esters (lactones) is 1. The molecule has 0 aliphatic carbocycles. The first-order valence-electron chi connectivity index (χ1n) is 8.23. The number of carbonyl (C=O) groups excluding carboxylic acids is 1. The van der Waals surface area contributed by atoms with E-state index < -0.39 is 35.3 Å². The third-order valence-electron chi connectivity index (χ3n) is 4.54. The van der Waals surface area contributed by atoms with Gasteiger partial charge in [-0.3, -0.25) is 0 Å². The Kier molecular flexibility index (Phi) is 4.97. The average Bonchev–Trinajstić information content (AvgIpc) is 2.91. The lowest BCUT2D eigenvalue weighted by Gasteiger charge is -2.37. The van der Waals surface area contributed by atoms with Crippen molar-refractivity contribution in [3.05, 3.63) is 83.3 Å². The van der Waals surface area contributed by atoms with Gasteiger partial charge in [-0.05, 0) is 11.1 Å². The molecule has 6 heteroatoms. The molecule has 1 heterocycles. The SMILES string of the molecule is O=C1O[C@H]([C@](O)(Cc2ccccc2)C(O)Cc2ccccc2)C(O)=C1O. The summed E-state index contributed by atoms with van der Waals surface area (Å²) >= 11 is 0. The number of aliphatic hydroxyl groups is 4. The predicted octanol–water partition coefficient (Wildman–Crippen LogP) is 1.82. The highest BCUT2D eigenvalue weighted by molar-refractivity contribution is 5.89. The van der Waals surface area contributed by atoms with Crippen molar-refractivity contribution in [2.24, 2.45) is 0 Å². The van der Waals surface area contributed by atoms with Gasteiger partial charge >= 0.3 is 5.97 Å². The summed E-state index contributed by atoms with van der Waals surface area (Å²) in [4.78, 5) is 11.6. The number of hydrogen-bond donors (Lipinski definition) is 4. The fourth-order valence-electron chi connectivity index (χ4n) is 3.11. The predicted molar refractivity (Wildman–Crippen MR) is 93.4 cm³/mol. The monoisotopic (exact) mass is 356 g/mol. The fraction of sp³-hybridized carbons (Fsp3) is 0.250. The van der Waals surface area contributed by atoms with E-state index in [9.17, 15) is 25.2 Å². The van der Waals surface area contributed by atoms with Crippen LogP contribution in [-0.2, 0) is 22.4 Å². The van der Waals surface area contributed by atoms with E-state index in [-0.39, 0.29) is 12.8 Å². The quantitative estimate of drug-likeness (QED) is 0.588. The van der Waals surface area contributed by atoms with Crippen molar-refractivity contribution < 1.29 is 30.0 Å². The van der Waals surface area contributed by atoms with Gasteiger partial charge in [-0.15, -0.1) is 0 Å². The number of ether oxygens (including phenoxy) is 1. The van der Waals surface area contributed by atoms with E-state index in [2.05, 4.69) is 0 Å². The highest BCUT2D eigenvalue weighted by Gasteiger charge is 2.52. The van der Waals surface area contributed by atoms with Crippen molar-refractivity contribution >= 4 is 5.97 Å². The summed E-state index contributed by atoms with van der Waals surface area (Å²) < 4.78 is 4.96. The molecule has 6 nitrogen and oxygen atoms in total. The van der Waals surface area contributed by atoms with Crippen LogP contribution in [0.2, 0.25) is 0 Å². The lowest BCUT2D eigenvalue weighted by molar-refractivity contribution is -0.171. The molecule has 3 rings (SSSR count). The summed E-state index contributed by atoms with van der Waals surface area (Å²) in [6.07, 6.45) is -2.94. The molecule has 0 fully saturated rings. The number of aliphatic hydroxyl groups excluding tert-OH is 3. The van der Waals surface area contributed by atoms with Gasteiger partial charge in [0.2, 0.25) is 5.76 Å². The lowest BCUT2D eigenvalue weighted by atomic mass is 9.80. The Balaban J connectivity index is 1.94. The second kappa shape index (κ2) is 7.19. The van der Waals surface area contributed by atoms with E-state index in [0.29, 0.717) is 5.56 Å². The number of esters is 1. The van der Waals surface area contributed by atoms with Crippen LogP contribution in [0.25, 0.3) is 0 Å². The van der Waals surface area contributed by atoms with Crippen LogP contribution in [0.15, 0.2) is 72.2 Å². The van der Waals surface area contributed by atoms with Crippen LogP contribution < -0.4 is 0 Å². The molecule has 26 heavy (non-hydrogen) atoms. The van der Waals surface area contributed by atoms with Gasteiger partial charge < -0.3 is 25.2 Å². The van der Waals surface area contributed by atoms with Gasteiger partial charge in [0.25, 0.3) is 0 Å². The third-order valence-corrected chi connectivity index (χ3v) is 4.54. The number of rotatable bonds is 6. The molecule has 4 N–H and O–H groups in total. The molecule has 0 saturated carbocycles. The Bertz CT molecular complexity index is 802. The molecular formula is C20H20O6. The summed E-state index contributed by atoms with van der Waals surface area (Å²) in [5.41, 5.74) is -0.581. The summed E-state index contributed by atoms with van der Waals surface area (Å²) in [7, 11) is 0. The number of carbonyl (C=O) groups is 1. The van der Waals surface area contributed by atoms with Crippen LogP contribution in [0.5, 0.6) is 0 Å². The minimum atomic E-state index is -2.03. The zero-order chi connectivity index (χ0) is 18.7. The molecule has 3 atom stereocenters. The Labute approximate surface area is 150 Å². The summed E-state index contributed by atoms with van der Waals surface area (Å²) in [5.74, 6) is -2.86. The molecule has 0 radical (unpaired) electrons. The molecule has 0 aromatic heterocycles. The Morgan fingerprint density at radius 1 is 0.962 bits per heavy atom. The molecule has 0 bridgehead atoms. The van der Waals surface area contributed by atoms with Crippen molar-refractivity contribution in [2.45, 2.75) is 30.7 Å². The van der Waals surface area contributed by atoms with Crippen LogP contribution >= 0.6 is 0 Å². The van der Waals surface area contributed by atoms with Crippen LogP contribution in [0.1, 0.15) is 11.1 Å². The Morgan fingerprint density at radius 2 is 1.50 bits per heavy atom. The standard InChI is InChI=1S/C20H20O6/c21-15(11-13-7-3-1-4-8-13)20(25,12-14-9-5-2-6-10-14)18-16(22)17(23)19(24)26-18/h1-10,15,18,21-23,25H,11-12H2/t15?,18-,20-/m0/s1. The molecule has 2 aromatic rings. The molecule has 1 aliphatic heterocycles. The topological polar surface area (TPSA) is 107 Å². The summed E-state index contributed by atoms with van der Waals surface area (Å²) in [6, 6.07) is 17.9. The van der Waals surface area contributed by atoms with Crippen molar-refractivity contribution in [3.8, 4) is 0 Å². The first-order valence-corrected chi connectivity index (χ1v) is 8.23. The molecule has 0 amide bonds. The van der Waals surface area contributed by atoms with Gasteiger partial charge in [-0.25, -0.2) is 4.79 Å². The normalized spacial score (nSPS) is 20.5. The Hall–Kier alpha value is -2.83. The Morgan fingerprint density at radius 3 is 2.00 bits per heavy atom. The second-order valence-corrected chi connectivity index (χ2v) is 6.38. The number of benzene rings is 2. The van der Waals surface area contributed by atoms with Gasteiger partial charge in [0.05, 0.1) is 6.10 Å². The average molecular weight is 356 g/mol. The zero-order valence-electron chi connectivity index (χ0n) is 13.9. The molecule has 136 valence electrons. The maximum absolute atomic E-state index is 11.6. The third kappa shape index (κ3) is 3.42. The van der Waals surface area contributed by atoms with E-state index in [0.717, 1.165) is 5.56 Å². The molecular weight excluding hydrogens is 336 g/mol. The van der Waals surface area contributed by atoms with Crippen molar-refractivity contribution in [1.82, 2.24) is 0 Å². The molecule has 0 spiro atoms. The van der Waals surface area contributed by atoms with E-state index in [4.69, 9.17) is 4.74 Å². The van der Waals surface area contributed by atoms with E-state index in [1.54, 1.807) is 48.5 Å². The maximum atomic E-state index is 11.6. The van der Waals surface area contributed by atoms with Gasteiger partial charge in [-0.2, -0.15) is 0 Å². The molecule has 2 aromatic carbocycles. The van der Waals surface area contributed by atoms with E-state index >= 15 is 0 Å². The molecule has 0 saturated heterocycles. The number of hydrogen-bond acceptors (Lipinski definition) is 6. The lowest BCUT2D eigenvalue weighted by Crippen LogP contribution is -2.55. The van der Waals surface area contributed by atoms with Crippen LogP contribution in [0.3, 0.4) is 0 Å². The molecule has 1 aliphatic rings. The van der Waals surface area contributed by atoms with Gasteiger partial charge in [-0.1, -0.05) is 60.7 Å². The molecule has 1 unspecified atom stereocenters. The minimum absolute atomic E-state index is 0.0757. The maximum Gasteiger partial charge on any atom is 0.378 e. The minimum Gasteiger partial charge on any atom is -0.505 e. The van der Waals surface area contributed by atoms with Crippen molar-refractivity contribution in [1.29, 1.82) is 0 Å². The highest BCUT2D eigenvalue weighted by Crippen LogP contribution is 2.34. The fourth-order valence-corrected chi connectivity index (χ4v) is 3.11. The largest absolute Gasteiger partial charge is 0.505 e. The van der Waals surface area contributed by atoms with Crippen LogP contribution in [0, 0.1) is 0 Å². The zero-order valence-corrected chi connectivity index (χ0v) is 13.9. The summed E-state index contributed by atoms with van der Waals surface area (Å²) in [6.45, 7) is 0. The van der Waals surface area contributed by atoms with Gasteiger partial charge in [0.1, 0.15) is 5.60 Å². The van der Waals surface area contributed by atoms with Gasteiger partial charge in [0, 0.05) is 12.8 Å². The van der Waals surface area contributed by atoms with Crippen molar-refractivity contribution in [3.63, 3.8) is 0 Å². The smallest absolute Gasteiger partial charge is 0.378 e.